The lowest BCUT2D eigenvalue weighted by Crippen LogP contribution is -2.50. The maximum Gasteiger partial charge on any atom is 0.338 e. The van der Waals surface area contributed by atoms with Crippen molar-refractivity contribution < 1.29 is 33.3 Å². The summed E-state index contributed by atoms with van der Waals surface area (Å²) in [6.07, 6.45) is -0.346. The summed E-state index contributed by atoms with van der Waals surface area (Å²) in [5.74, 6) is -1.80. The van der Waals surface area contributed by atoms with E-state index < -0.39 is 41.8 Å². The van der Waals surface area contributed by atoms with Gasteiger partial charge in [0.2, 0.25) is 5.65 Å². The molecule has 2 aromatic heterocycles. The van der Waals surface area contributed by atoms with Gasteiger partial charge in [0.25, 0.3) is 0 Å². The zero-order chi connectivity index (χ0) is 34.0. The smallest absolute Gasteiger partial charge is 0.338 e. The monoisotopic (exact) mass is 667 g/mol. The number of hydrogen-bond donors (Lipinski definition) is 0. The summed E-state index contributed by atoms with van der Waals surface area (Å²) in [6, 6.07) is 20.6. The Bertz CT molecular complexity index is 1960. The Kier molecular flexibility index (Phi) is 9.24. The number of aromatic nitrogens is 5. The van der Waals surface area contributed by atoms with Crippen molar-refractivity contribution in [1.29, 1.82) is 0 Å². The first-order valence-corrected chi connectivity index (χ1v) is 16.4. The number of hydrogen-bond acceptors (Lipinski definition) is 12. The number of nitrogens with zero attached hydrogens (tertiary/aromatic N) is 5. The summed E-state index contributed by atoms with van der Waals surface area (Å²) >= 11 is 1.35. The van der Waals surface area contributed by atoms with Crippen LogP contribution in [0.4, 0.5) is 0 Å². The van der Waals surface area contributed by atoms with Crippen LogP contribution in [-0.4, -0.2) is 73.4 Å². The Morgan fingerprint density at radius 1 is 0.812 bits per heavy atom. The SMILES string of the molecule is CSc1ncnn2c([C@@H]3OC(COC(=O)c4ccc(C)cc4)[C@@H](OC(=O)c4ccc(C)cc4)[C@@]3(C)OC(=O)c3ccc(C)cc3)nnc12. The number of esters is 3. The summed E-state index contributed by atoms with van der Waals surface area (Å²) in [4.78, 5) is 44.7. The number of rotatable bonds is 9. The standard InChI is InChI=1S/C35H33N5O7S/c1-20-6-12-23(13-7-20)32(41)44-18-26-27(46-33(42)24-14-8-21(2)9-15-24)35(4,47-34(43)25-16-10-22(3)11-17-25)28(45-26)29-38-39-30-31(48-5)36-19-37-40(29)30/h6-17,19,26-28H,18H2,1-5H3/t26?,27-,28+,35-/m1/s1. The van der Waals surface area contributed by atoms with Crippen LogP contribution in [0.1, 0.15) is 66.6 Å². The molecular weight excluding hydrogens is 634 g/mol. The maximum absolute atomic E-state index is 13.7. The van der Waals surface area contributed by atoms with Gasteiger partial charge in [0.1, 0.15) is 24.1 Å². The second-order valence-corrected chi connectivity index (χ2v) is 12.5. The fourth-order valence-corrected chi connectivity index (χ4v) is 5.90. The lowest BCUT2D eigenvalue weighted by Gasteiger charge is -2.33. The van der Waals surface area contributed by atoms with E-state index in [0.717, 1.165) is 16.7 Å². The topological polar surface area (TPSA) is 144 Å². The van der Waals surface area contributed by atoms with Gasteiger partial charge in [0, 0.05) is 0 Å². The third kappa shape index (κ3) is 6.51. The second-order valence-electron chi connectivity index (χ2n) is 11.7. The van der Waals surface area contributed by atoms with Crippen molar-refractivity contribution in [3.8, 4) is 0 Å². The van der Waals surface area contributed by atoms with Crippen LogP contribution in [-0.2, 0) is 18.9 Å². The number of fused-ring (bicyclic) bond motifs is 1. The second kappa shape index (κ2) is 13.5. The molecule has 4 atom stereocenters. The van der Waals surface area contributed by atoms with Crippen LogP contribution >= 0.6 is 11.8 Å². The molecule has 3 heterocycles. The predicted molar refractivity (Wildman–Crippen MR) is 175 cm³/mol. The molecule has 1 saturated heterocycles. The van der Waals surface area contributed by atoms with Gasteiger partial charge in [-0.3, -0.25) is 0 Å². The number of thioether (sulfide) groups is 1. The highest BCUT2D eigenvalue weighted by molar-refractivity contribution is 7.98. The Morgan fingerprint density at radius 2 is 1.35 bits per heavy atom. The lowest BCUT2D eigenvalue weighted by molar-refractivity contribution is -0.0908. The van der Waals surface area contributed by atoms with Crippen molar-refractivity contribution >= 4 is 35.3 Å². The predicted octanol–water partition coefficient (Wildman–Crippen LogP) is 5.30. The summed E-state index contributed by atoms with van der Waals surface area (Å²) in [7, 11) is 0. The van der Waals surface area contributed by atoms with E-state index in [0.29, 0.717) is 16.2 Å². The van der Waals surface area contributed by atoms with Crippen LogP contribution in [0.3, 0.4) is 0 Å². The number of ether oxygens (including phenoxy) is 4. The van der Waals surface area contributed by atoms with Crippen molar-refractivity contribution in [3.63, 3.8) is 0 Å². The molecule has 48 heavy (non-hydrogen) atoms. The normalized spacial score (nSPS) is 20.4. The molecule has 5 aromatic rings. The van der Waals surface area contributed by atoms with Crippen LogP contribution in [0.2, 0.25) is 0 Å². The molecule has 1 aliphatic heterocycles. The molecule has 0 spiro atoms. The Hall–Kier alpha value is -5.14. The number of carbonyl (C=O) groups excluding carboxylic acids is 3. The minimum Gasteiger partial charge on any atom is -0.459 e. The van der Waals surface area contributed by atoms with Gasteiger partial charge >= 0.3 is 17.9 Å². The zero-order valence-electron chi connectivity index (χ0n) is 26.9. The summed E-state index contributed by atoms with van der Waals surface area (Å²) in [5.41, 5.74) is 2.43. The first-order chi connectivity index (χ1) is 23.1. The van der Waals surface area contributed by atoms with Crippen molar-refractivity contribution in [2.24, 2.45) is 0 Å². The van der Waals surface area contributed by atoms with Crippen LogP contribution < -0.4 is 0 Å². The Morgan fingerprint density at radius 3 is 1.92 bits per heavy atom. The molecule has 13 heteroatoms. The van der Waals surface area contributed by atoms with E-state index in [1.165, 1.54) is 22.6 Å². The van der Waals surface area contributed by atoms with Gasteiger partial charge < -0.3 is 18.9 Å². The van der Waals surface area contributed by atoms with E-state index in [1.807, 2.05) is 27.0 Å². The molecule has 0 aliphatic carbocycles. The van der Waals surface area contributed by atoms with Gasteiger partial charge in [-0.05, 0) is 70.3 Å². The van der Waals surface area contributed by atoms with Gasteiger partial charge in [-0.2, -0.15) is 9.61 Å². The van der Waals surface area contributed by atoms with Crippen molar-refractivity contribution in [1.82, 2.24) is 24.8 Å². The molecule has 1 fully saturated rings. The maximum atomic E-state index is 13.7. The molecule has 6 rings (SSSR count). The quantitative estimate of drug-likeness (QED) is 0.114. The molecule has 12 nitrogen and oxygen atoms in total. The fraction of sp³-hybridized carbons (Fsp3) is 0.286. The highest BCUT2D eigenvalue weighted by Crippen LogP contribution is 2.46. The van der Waals surface area contributed by atoms with Crippen LogP contribution in [0, 0.1) is 20.8 Å². The molecular formula is C35H33N5O7S. The van der Waals surface area contributed by atoms with E-state index >= 15 is 0 Å². The largest absolute Gasteiger partial charge is 0.459 e. The van der Waals surface area contributed by atoms with Gasteiger partial charge in [0.15, 0.2) is 23.6 Å². The minimum atomic E-state index is -1.71. The van der Waals surface area contributed by atoms with Gasteiger partial charge in [-0.15, -0.1) is 22.0 Å². The van der Waals surface area contributed by atoms with Crippen LogP contribution in [0.25, 0.3) is 5.65 Å². The van der Waals surface area contributed by atoms with Crippen molar-refractivity contribution in [3.05, 3.63) is 118 Å². The Balaban J connectivity index is 1.42. The average Bonchev–Trinajstić information content (AvgIpc) is 3.62. The van der Waals surface area contributed by atoms with Gasteiger partial charge in [0.05, 0.1) is 16.7 Å². The molecule has 3 aromatic carbocycles. The van der Waals surface area contributed by atoms with Gasteiger partial charge in [-0.1, -0.05) is 53.1 Å². The number of aryl methyl sites for hydroxylation is 3. The van der Waals surface area contributed by atoms with E-state index in [9.17, 15) is 14.4 Å². The summed E-state index contributed by atoms with van der Waals surface area (Å²) < 4.78 is 26.1. The van der Waals surface area contributed by atoms with Crippen molar-refractivity contribution in [2.75, 3.05) is 12.9 Å². The first-order valence-electron chi connectivity index (χ1n) is 15.1. The zero-order valence-corrected chi connectivity index (χ0v) is 27.8. The van der Waals surface area contributed by atoms with E-state index in [1.54, 1.807) is 79.7 Å². The summed E-state index contributed by atoms with van der Waals surface area (Å²) in [5, 5.41) is 13.6. The van der Waals surface area contributed by atoms with E-state index in [4.69, 9.17) is 18.9 Å². The molecule has 246 valence electrons. The Labute approximate surface area is 280 Å². The molecule has 1 aliphatic rings. The third-order valence-corrected chi connectivity index (χ3v) is 8.82. The highest BCUT2D eigenvalue weighted by atomic mass is 32.2. The third-order valence-electron chi connectivity index (χ3n) is 8.15. The lowest BCUT2D eigenvalue weighted by atomic mass is 9.91. The van der Waals surface area contributed by atoms with E-state index in [-0.39, 0.29) is 23.6 Å². The molecule has 0 bridgehead atoms. The van der Waals surface area contributed by atoms with E-state index in [2.05, 4.69) is 20.3 Å². The number of benzene rings is 3. The molecule has 0 N–H and O–H groups in total. The number of carbonyl (C=O) groups is 3. The summed E-state index contributed by atoms with van der Waals surface area (Å²) in [6.45, 7) is 6.97. The average molecular weight is 668 g/mol. The van der Waals surface area contributed by atoms with Crippen molar-refractivity contribution in [2.45, 2.75) is 56.6 Å². The van der Waals surface area contributed by atoms with Gasteiger partial charge in [-0.25, -0.2) is 19.4 Å². The van der Waals surface area contributed by atoms with Crippen LogP contribution in [0.15, 0.2) is 84.1 Å². The molecule has 0 amide bonds. The molecule has 1 unspecified atom stereocenters. The minimum absolute atomic E-state index is 0.172. The highest BCUT2D eigenvalue weighted by Gasteiger charge is 2.61. The molecule has 0 radical (unpaired) electrons. The van der Waals surface area contributed by atoms with Crippen LogP contribution in [0.5, 0.6) is 0 Å². The first kappa shape index (κ1) is 32.8. The molecule has 0 saturated carbocycles. The fourth-order valence-electron chi connectivity index (χ4n) is 5.43.